The maximum Gasteiger partial charge on any atom is 0.134 e. The number of nitrogens with zero attached hydrogens (tertiary/aromatic N) is 2. The first-order valence-electron chi connectivity index (χ1n) is 6.31. The predicted octanol–water partition coefficient (Wildman–Crippen LogP) is 3.05. The first kappa shape index (κ1) is 11.4. The van der Waals surface area contributed by atoms with E-state index in [1.807, 2.05) is 7.05 Å². The summed E-state index contributed by atoms with van der Waals surface area (Å²) in [5, 5.41) is 3.18. The van der Waals surface area contributed by atoms with Crippen LogP contribution in [0.15, 0.2) is 0 Å². The van der Waals surface area contributed by atoms with E-state index in [0.717, 1.165) is 18.1 Å². The lowest BCUT2D eigenvalue weighted by atomic mass is 10.1. The van der Waals surface area contributed by atoms with Gasteiger partial charge in [0, 0.05) is 24.2 Å². The zero-order valence-electron chi connectivity index (χ0n) is 10.5. The van der Waals surface area contributed by atoms with Gasteiger partial charge >= 0.3 is 0 Å². The van der Waals surface area contributed by atoms with Gasteiger partial charge in [-0.2, -0.15) is 0 Å². The molecular formula is C13H21N3. The minimum atomic E-state index is 0.632. The van der Waals surface area contributed by atoms with Crippen LogP contribution in [0.25, 0.3) is 0 Å². The van der Waals surface area contributed by atoms with E-state index in [1.165, 1.54) is 36.9 Å². The summed E-state index contributed by atoms with van der Waals surface area (Å²) in [6.07, 6.45) is 6.04. The molecule has 1 aliphatic carbocycles. The molecule has 1 aliphatic rings. The van der Waals surface area contributed by atoms with Gasteiger partial charge in [-0.1, -0.05) is 13.3 Å². The molecule has 1 aromatic rings. The number of hydrogen-bond donors (Lipinski definition) is 1. The Labute approximate surface area is 97.7 Å². The highest BCUT2D eigenvalue weighted by Gasteiger charge is 2.27. The minimum absolute atomic E-state index is 0.632. The van der Waals surface area contributed by atoms with Crippen LogP contribution in [-0.4, -0.2) is 17.0 Å². The summed E-state index contributed by atoms with van der Waals surface area (Å²) in [7, 11) is 1.94. The van der Waals surface area contributed by atoms with Gasteiger partial charge in [-0.25, -0.2) is 9.97 Å². The van der Waals surface area contributed by atoms with Crippen molar-refractivity contribution in [1.82, 2.24) is 9.97 Å². The summed E-state index contributed by atoms with van der Waals surface area (Å²) in [5.74, 6) is 2.71. The van der Waals surface area contributed by atoms with Gasteiger partial charge in [-0.05, 0) is 32.6 Å². The highest BCUT2D eigenvalue weighted by atomic mass is 15.0. The van der Waals surface area contributed by atoms with Gasteiger partial charge in [0.25, 0.3) is 0 Å². The minimum Gasteiger partial charge on any atom is -0.373 e. The number of aryl methyl sites for hydroxylation is 1. The number of anilines is 1. The Morgan fingerprint density at radius 1 is 1.31 bits per heavy atom. The van der Waals surface area contributed by atoms with Crippen molar-refractivity contribution in [2.45, 2.75) is 51.9 Å². The van der Waals surface area contributed by atoms with Crippen molar-refractivity contribution in [1.29, 1.82) is 0 Å². The van der Waals surface area contributed by atoms with E-state index in [-0.39, 0.29) is 0 Å². The monoisotopic (exact) mass is 219 g/mol. The Bertz CT molecular complexity index is 370. The van der Waals surface area contributed by atoms with Crippen LogP contribution in [0.1, 0.15) is 55.6 Å². The van der Waals surface area contributed by atoms with Gasteiger partial charge in [0.2, 0.25) is 0 Å². The van der Waals surface area contributed by atoms with Crippen LogP contribution in [0.3, 0.4) is 0 Å². The lowest BCUT2D eigenvalue weighted by Crippen LogP contribution is -2.07. The Morgan fingerprint density at radius 2 is 2.06 bits per heavy atom. The zero-order chi connectivity index (χ0) is 11.5. The van der Waals surface area contributed by atoms with E-state index >= 15 is 0 Å². The number of hydrogen-bond acceptors (Lipinski definition) is 3. The van der Waals surface area contributed by atoms with Crippen LogP contribution in [-0.2, 0) is 6.42 Å². The van der Waals surface area contributed by atoms with Gasteiger partial charge in [0.1, 0.15) is 11.6 Å². The molecule has 1 saturated carbocycles. The molecule has 0 saturated heterocycles. The van der Waals surface area contributed by atoms with E-state index < -0.39 is 0 Å². The molecule has 16 heavy (non-hydrogen) atoms. The van der Waals surface area contributed by atoms with Gasteiger partial charge in [-0.3, -0.25) is 0 Å². The molecule has 0 radical (unpaired) electrons. The molecule has 2 rings (SSSR count). The van der Waals surface area contributed by atoms with Crippen LogP contribution in [0.5, 0.6) is 0 Å². The first-order valence-corrected chi connectivity index (χ1v) is 6.31. The Hall–Kier alpha value is -1.12. The Morgan fingerprint density at radius 3 is 2.62 bits per heavy atom. The molecule has 1 heterocycles. The van der Waals surface area contributed by atoms with E-state index in [0.29, 0.717) is 5.92 Å². The number of aromatic nitrogens is 2. The molecule has 3 nitrogen and oxygen atoms in total. The second-order valence-electron chi connectivity index (χ2n) is 4.63. The maximum absolute atomic E-state index is 4.73. The molecule has 0 bridgehead atoms. The van der Waals surface area contributed by atoms with Crippen LogP contribution in [0, 0.1) is 6.92 Å². The lowest BCUT2D eigenvalue weighted by Gasteiger charge is -2.11. The highest BCUT2D eigenvalue weighted by molar-refractivity contribution is 5.45. The predicted molar refractivity (Wildman–Crippen MR) is 66.9 cm³/mol. The molecule has 88 valence electrons. The van der Waals surface area contributed by atoms with Crippen molar-refractivity contribution in [2.75, 3.05) is 12.4 Å². The molecular weight excluding hydrogens is 198 g/mol. The standard InChI is InChI=1S/C13H21N3/c1-4-5-6-11-9(2)12(14-3)16-13(15-11)10-7-8-10/h10H,4-8H2,1-3H3,(H,14,15,16). The molecule has 1 N–H and O–H groups in total. The van der Waals surface area contributed by atoms with Crippen molar-refractivity contribution in [3.05, 3.63) is 17.1 Å². The third-order valence-corrected chi connectivity index (χ3v) is 3.21. The number of unbranched alkanes of at least 4 members (excludes halogenated alkanes) is 1. The smallest absolute Gasteiger partial charge is 0.134 e. The topological polar surface area (TPSA) is 37.8 Å². The van der Waals surface area contributed by atoms with E-state index in [1.54, 1.807) is 0 Å². The fourth-order valence-corrected chi connectivity index (χ4v) is 1.94. The van der Waals surface area contributed by atoms with Gasteiger partial charge < -0.3 is 5.32 Å². The summed E-state index contributed by atoms with van der Waals surface area (Å²) in [4.78, 5) is 9.33. The molecule has 0 spiro atoms. The van der Waals surface area contributed by atoms with Gasteiger partial charge in [-0.15, -0.1) is 0 Å². The number of rotatable bonds is 5. The average molecular weight is 219 g/mol. The van der Waals surface area contributed by atoms with Gasteiger partial charge in [0.15, 0.2) is 0 Å². The molecule has 1 fully saturated rings. The third-order valence-electron chi connectivity index (χ3n) is 3.21. The Balaban J connectivity index is 2.28. The second kappa shape index (κ2) is 4.81. The molecule has 0 aliphatic heterocycles. The summed E-state index contributed by atoms with van der Waals surface area (Å²) < 4.78 is 0. The average Bonchev–Trinajstić information content (AvgIpc) is 3.11. The fraction of sp³-hybridized carbons (Fsp3) is 0.692. The van der Waals surface area contributed by atoms with Crippen LogP contribution in [0.4, 0.5) is 5.82 Å². The molecule has 1 aromatic heterocycles. The summed E-state index contributed by atoms with van der Waals surface area (Å²) in [6, 6.07) is 0. The molecule has 0 aromatic carbocycles. The summed E-state index contributed by atoms with van der Waals surface area (Å²) >= 11 is 0. The first-order chi connectivity index (χ1) is 7.76. The highest BCUT2D eigenvalue weighted by Crippen LogP contribution is 2.39. The molecule has 0 unspecified atom stereocenters. The van der Waals surface area contributed by atoms with Crippen LogP contribution >= 0.6 is 0 Å². The normalized spacial score (nSPS) is 15.2. The van der Waals surface area contributed by atoms with E-state index in [4.69, 9.17) is 4.98 Å². The van der Waals surface area contributed by atoms with Crippen molar-refractivity contribution in [3.8, 4) is 0 Å². The van der Waals surface area contributed by atoms with E-state index in [2.05, 4.69) is 24.1 Å². The maximum atomic E-state index is 4.73. The van der Waals surface area contributed by atoms with E-state index in [9.17, 15) is 0 Å². The summed E-state index contributed by atoms with van der Waals surface area (Å²) in [6.45, 7) is 4.34. The summed E-state index contributed by atoms with van der Waals surface area (Å²) in [5.41, 5.74) is 2.46. The third kappa shape index (κ3) is 2.34. The molecule has 0 atom stereocenters. The largest absolute Gasteiger partial charge is 0.373 e. The van der Waals surface area contributed by atoms with Crippen LogP contribution in [0.2, 0.25) is 0 Å². The van der Waals surface area contributed by atoms with Crippen molar-refractivity contribution in [2.24, 2.45) is 0 Å². The van der Waals surface area contributed by atoms with Crippen molar-refractivity contribution in [3.63, 3.8) is 0 Å². The Kier molecular flexibility index (Phi) is 3.42. The lowest BCUT2D eigenvalue weighted by molar-refractivity contribution is 0.754. The van der Waals surface area contributed by atoms with Crippen molar-refractivity contribution >= 4 is 5.82 Å². The molecule has 0 amide bonds. The van der Waals surface area contributed by atoms with Crippen LogP contribution < -0.4 is 5.32 Å². The zero-order valence-corrected chi connectivity index (χ0v) is 10.5. The number of nitrogens with one attached hydrogen (secondary N) is 1. The molecule has 3 heteroatoms. The SMILES string of the molecule is CCCCc1nc(C2CC2)nc(NC)c1C. The van der Waals surface area contributed by atoms with Crippen molar-refractivity contribution < 1.29 is 0 Å². The fourth-order valence-electron chi connectivity index (χ4n) is 1.94. The van der Waals surface area contributed by atoms with Gasteiger partial charge in [0.05, 0.1) is 0 Å². The second-order valence-corrected chi connectivity index (χ2v) is 4.63. The quantitative estimate of drug-likeness (QED) is 0.827.